The van der Waals surface area contributed by atoms with Crippen LogP contribution >= 0.6 is 0 Å². The van der Waals surface area contributed by atoms with Gasteiger partial charge >= 0.3 is 5.97 Å². The first-order valence-electron chi connectivity index (χ1n) is 8.00. The summed E-state index contributed by atoms with van der Waals surface area (Å²) in [5.74, 6) is -0.317. The first kappa shape index (κ1) is 16.3. The van der Waals surface area contributed by atoms with E-state index in [0.717, 1.165) is 30.2 Å². The Morgan fingerprint density at radius 1 is 1.14 bits per heavy atom. The Bertz CT molecular complexity index is 630. The molecule has 0 radical (unpaired) electrons. The van der Waals surface area contributed by atoms with Gasteiger partial charge < -0.3 is 4.74 Å². The molecule has 1 aromatic carbocycles. The second-order valence-corrected chi connectivity index (χ2v) is 5.47. The van der Waals surface area contributed by atoms with Gasteiger partial charge in [0.05, 0.1) is 17.7 Å². The molecule has 0 N–H and O–H groups in total. The fourth-order valence-corrected chi connectivity index (χ4v) is 2.58. The van der Waals surface area contributed by atoms with Crippen LogP contribution in [0.3, 0.4) is 0 Å². The Labute approximate surface area is 131 Å². The fraction of sp³-hybridized carbons (Fsp3) is 0.444. The number of aromatic nitrogens is 1. The molecule has 4 nitrogen and oxygen atoms in total. The van der Waals surface area contributed by atoms with E-state index in [4.69, 9.17) is 4.74 Å². The number of hydrogen-bond acceptors (Lipinski definition) is 3. The molecule has 118 valence electrons. The van der Waals surface area contributed by atoms with E-state index in [0.29, 0.717) is 12.2 Å². The van der Waals surface area contributed by atoms with Crippen LogP contribution in [0.25, 0.3) is 10.9 Å². The van der Waals surface area contributed by atoms with E-state index in [1.807, 2.05) is 6.07 Å². The van der Waals surface area contributed by atoms with Gasteiger partial charge in [-0.05, 0) is 24.6 Å². The van der Waals surface area contributed by atoms with Crippen LogP contribution in [0.2, 0.25) is 0 Å². The molecule has 0 unspecified atom stereocenters. The second-order valence-electron chi connectivity index (χ2n) is 5.47. The maximum Gasteiger partial charge on any atom is 0.338 e. The molecule has 0 spiro atoms. The monoisotopic (exact) mass is 301 g/mol. The van der Waals surface area contributed by atoms with Crippen molar-refractivity contribution in [2.75, 3.05) is 6.61 Å². The zero-order valence-electron chi connectivity index (χ0n) is 13.1. The van der Waals surface area contributed by atoms with Crippen molar-refractivity contribution in [3.63, 3.8) is 0 Å². The molecule has 1 aromatic heterocycles. The number of nitrogens with zero attached hydrogens (tertiary/aromatic N) is 1. The van der Waals surface area contributed by atoms with Crippen molar-refractivity contribution < 1.29 is 14.3 Å². The number of unbranched alkanes of at least 4 members (excludes halogenated alkanes) is 5. The summed E-state index contributed by atoms with van der Waals surface area (Å²) >= 11 is 0. The van der Waals surface area contributed by atoms with Crippen molar-refractivity contribution in [2.24, 2.45) is 0 Å². The van der Waals surface area contributed by atoms with Gasteiger partial charge in [0.25, 0.3) is 0 Å². The van der Waals surface area contributed by atoms with E-state index in [2.05, 4.69) is 6.92 Å². The highest BCUT2D eigenvalue weighted by atomic mass is 16.5. The molecule has 0 aliphatic carbocycles. The maximum atomic E-state index is 12.2. The van der Waals surface area contributed by atoms with Gasteiger partial charge in [-0.1, -0.05) is 45.1 Å². The molecule has 4 heteroatoms. The summed E-state index contributed by atoms with van der Waals surface area (Å²) in [5.41, 5.74) is 1.24. The molecule has 0 aliphatic rings. The first-order chi connectivity index (χ1) is 10.8. The van der Waals surface area contributed by atoms with E-state index in [1.165, 1.54) is 30.3 Å². The highest BCUT2D eigenvalue weighted by Crippen LogP contribution is 2.20. The van der Waals surface area contributed by atoms with E-state index in [-0.39, 0.29) is 5.97 Å². The molecule has 0 saturated carbocycles. The number of carbonyl (C=O) groups is 2. The van der Waals surface area contributed by atoms with Crippen LogP contribution in [0.15, 0.2) is 30.5 Å². The predicted molar refractivity (Wildman–Crippen MR) is 87.7 cm³/mol. The third-order valence-corrected chi connectivity index (χ3v) is 3.83. The lowest BCUT2D eigenvalue weighted by Crippen LogP contribution is -2.07. The average Bonchev–Trinajstić information content (AvgIpc) is 2.96. The third-order valence-electron chi connectivity index (χ3n) is 3.83. The van der Waals surface area contributed by atoms with E-state index in [1.54, 1.807) is 24.4 Å². The lowest BCUT2D eigenvalue weighted by atomic mass is 10.1. The van der Waals surface area contributed by atoms with Gasteiger partial charge in [-0.25, -0.2) is 4.79 Å². The zero-order valence-corrected chi connectivity index (χ0v) is 13.1. The topological polar surface area (TPSA) is 48.3 Å². The molecule has 0 bridgehead atoms. The molecule has 22 heavy (non-hydrogen) atoms. The lowest BCUT2D eigenvalue weighted by Gasteiger charge is -2.06. The van der Waals surface area contributed by atoms with Crippen LogP contribution < -0.4 is 0 Å². The van der Waals surface area contributed by atoms with Gasteiger partial charge in [-0.2, -0.15) is 0 Å². The van der Waals surface area contributed by atoms with Crippen molar-refractivity contribution in [1.29, 1.82) is 0 Å². The van der Waals surface area contributed by atoms with Crippen molar-refractivity contribution in [3.05, 3.63) is 36.0 Å². The van der Waals surface area contributed by atoms with Crippen molar-refractivity contribution in [2.45, 2.75) is 45.4 Å². The largest absolute Gasteiger partial charge is 0.462 e. The third kappa shape index (κ3) is 3.97. The first-order valence-corrected chi connectivity index (χ1v) is 8.00. The van der Waals surface area contributed by atoms with Crippen LogP contribution in [-0.4, -0.2) is 23.6 Å². The lowest BCUT2D eigenvalue weighted by molar-refractivity contribution is 0.0500. The second kappa shape index (κ2) is 8.37. The predicted octanol–water partition coefficient (Wildman–Crippen LogP) is 4.20. The highest BCUT2D eigenvalue weighted by molar-refractivity contribution is 6.04. The Morgan fingerprint density at radius 3 is 2.68 bits per heavy atom. The number of carbonyl (C=O) groups excluding carboxylic acids is 2. The van der Waals surface area contributed by atoms with Gasteiger partial charge in [-0.3, -0.25) is 9.36 Å². The van der Waals surface area contributed by atoms with Gasteiger partial charge in [0.2, 0.25) is 6.41 Å². The summed E-state index contributed by atoms with van der Waals surface area (Å²) in [5, 5.41) is 0.752. The molecule has 0 saturated heterocycles. The summed E-state index contributed by atoms with van der Waals surface area (Å²) in [4.78, 5) is 23.1. The highest BCUT2D eigenvalue weighted by Gasteiger charge is 2.13. The molecule has 0 aliphatic heterocycles. The molecule has 0 amide bonds. The summed E-state index contributed by atoms with van der Waals surface area (Å²) in [6, 6.07) is 7.09. The molecule has 1 heterocycles. The quantitative estimate of drug-likeness (QED) is 0.396. The molecule has 0 fully saturated rings. The smallest absolute Gasteiger partial charge is 0.338 e. The number of hydrogen-bond donors (Lipinski definition) is 0. The molecule has 0 atom stereocenters. The average molecular weight is 301 g/mol. The molecular weight excluding hydrogens is 278 g/mol. The molecular formula is C18H23NO3. The van der Waals surface area contributed by atoms with Gasteiger partial charge in [0.15, 0.2) is 0 Å². The van der Waals surface area contributed by atoms with Gasteiger partial charge in [-0.15, -0.1) is 0 Å². The number of rotatable bonds is 9. The molecule has 2 rings (SSSR count). The Hall–Kier alpha value is -2.10. The Kier molecular flexibility index (Phi) is 6.19. The number of esters is 1. The summed E-state index contributed by atoms with van der Waals surface area (Å²) in [6.07, 6.45) is 9.34. The number of fused-ring (bicyclic) bond motifs is 1. The number of ether oxygens (including phenoxy) is 1. The van der Waals surface area contributed by atoms with Gasteiger partial charge in [0, 0.05) is 11.6 Å². The minimum atomic E-state index is -0.317. The summed E-state index contributed by atoms with van der Waals surface area (Å²) in [7, 11) is 0. The molecule has 2 aromatic rings. The van der Waals surface area contributed by atoms with E-state index in [9.17, 15) is 9.59 Å². The van der Waals surface area contributed by atoms with Crippen LogP contribution in [0.4, 0.5) is 0 Å². The van der Waals surface area contributed by atoms with E-state index >= 15 is 0 Å². The van der Waals surface area contributed by atoms with Crippen molar-refractivity contribution in [1.82, 2.24) is 4.57 Å². The fourth-order valence-electron chi connectivity index (χ4n) is 2.58. The van der Waals surface area contributed by atoms with Crippen molar-refractivity contribution in [3.8, 4) is 0 Å². The van der Waals surface area contributed by atoms with E-state index < -0.39 is 0 Å². The number of benzene rings is 1. The minimum absolute atomic E-state index is 0.317. The van der Waals surface area contributed by atoms with Gasteiger partial charge in [0.1, 0.15) is 0 Å². The summed E-state index contributed by atoms with van der Waals surface area (Å²) in [6.45, 7) is 2.65. The van der Waals surface area contributed by atoms with Crippen LogP contribution in [0, 0.1) is 0 Å². The Balaban J connectivity index is 1.88. The maximum absolute atomic E-state index is 12.2. The van der Waals surface area contributed by atoms with Crippen molar-refractivity contribution >= 4 is 23.3 Å². The SMILES string of the molecule is CCCCCCCCOC(=O)c1cccc2c1ccn2C=O. The van der Waals surface area contributed by atoms with Crippen LogP contribution in [0.1, 0.15) is 55.8 Å². The minimum Gasteiger partial charge on any atom is -0.462 e. The van der Waals surface area contributed by atoms with Crippen LogP contribution in [0.5, 0.6) is 0 Å². The van der Waals surface area contributed by atoms with Crippen LogP contribution in [-0.2, 0) is 9.53 Å². The normalized spacial score (nSPS) is 10.8. The zero-order chi connectivity index (χ0) is 15.8. The Morgan fingerprint density at radius 2 is 1.91 bits per heavy atom. The standard InChI is InChI=1S/C18H23NO3/c1-2-3-4-5-6-7-13-22-18(21)16-9-8-10-17-15(16)11-12-19(17)14-20/h8-12,14H,2-7,13H2,1H3. The summed E-state index contributed by atoms with van der Waals surface area (Å²) < 4.78 is 6.81.